The summed E-state index contributed by atoms with van der Waals surface area (Å²) >= 11 is 0. The zero-order valence-corrected chi connectivity index (χ0v) is 10.5. The van der Waals surface area contributed by atoms with E-state index < -0.39 is 0 Å². The van der Waals surface area contributed by atoms with Crippen molar-refractivity contribution < 1.29 is 9.18 Å². The predicted molar refractivity (Wildman–Crippen MR) is 71.0 cm³/mol. The minimum Gasteiger partial charge on any atom is -0.397 e. The number of benzene rings is 1. The monoisotopic (exact) mass is 259 g/mol. The standard InChI is InChI=1S/C14H14FN3O/c1-9-4-5-10(7-11(9)15)8-18-14(19)13-12(16)3-2-6-17-13/h2-7H,8,16H2,1H3,(H,18,19). The summed E-state index contributed by atoms with van der Waals surface area (Å²) in [6.45, 7) is 1.92. The molecule has 2 rings (SSSR count). The molecule has 0 aliphatic rings. The maximum absolute atomic E-state index is 13.3. The summed E-state index contributed by atoms with van der Waals surface area (Å²) in [5.74, 6) is -0.664. The quantitative estimate of drug-likeness (QED) is 0.886. The fraction of sp³-hybridized carbons (Fsp3) is 0.143. The normalized spacial score (nSPS) is 10.2. The number of carbonyl (C=O) groups is 1. The summed E-state index contributed by atoms with van der Waals surface area (Å²) in [7, 11) is 0. The number of aromatic nitrogens is 1. The van der Waals surface area contributed by atoms with Crippen molar-refractivity contribution in [2.24, 2.45) is 0 Å². The van der Waals surface area contributed by atoms with Crippen LogP contribution in [0, 0.1) is 12.7 Å². The molecule has 1 heterocycles. The number of amides is 1. The van der Waals surface area contributed by atoms with Gasteiger partial charge in [0.05, 0.1) is 5.69 Å². The van der Waals surface area contributed by atoms with Crippen LogP contribution < -0.4 is 11.1 Å². The number of hydrogen-bond donors (Lipinski definition) is 2. The first-order chi connectivity index (χ1) is 9.08. The van der Waals surface area contributed by atoms with E-state index in [9.17, 15) is 9.18 Å². The molecule has 98 valence electrons. The lowest BCUT2D eigenvalue weighted by molar-refractivity contribution is 0.0947. The average molecular weight is 259 g/mol. The van der Waals surface area contributed by atoms with Crippen LogP contribution in [-0.2, 0) is 6.54 Å². The number of rotatable bonds is 3. The molecular formula is C14H14FN3O. The van der Waals surface area contributed by atoms with Crippen LogP contribution in [0.25, 0.3) is 0 Å². The Morgan fingerprint density at radius 2 is 2.21 bits per heavy atom. The second-order valence-electron chi connectivity index (χ2n) is 4.21. The third kappa shape index (κ3) is 3.07. The van der Waals surface area contributed by atoms with Crippen LogP contribution >= 0.6 is 0 Å². The second-order valence-corrected chi connectivity index (χ2v) is 4.21. The number of hydrogen-bond acceptors (Lipinski definition) is 3. The topological polar surface area (TPSA) is 68.0 Å². The molecule has 3 N–H and O–H groups in total. The highest BCUT2D eigenvalue weighted by Gasteiger charge is 2.10. The molecule has 0 spiro atoms. The number of aryl methyl sites for hydroxylation is 1. The number of nitrogens with one attached hydrogen (secondary N) is 1. The highest BCUT2D eigenvalue weighted by molar-refractivity contribution is 5.96. The van der Waals surface area contributed by atoms with Crippen molar-refractivity contribution in [2.45, 2.75) is 13.5 Å². The van der Waals surface area contributed by atoms with Gasteiger partial charge >= 0.3 is 0 Å². The van der Waals surface area contributed by atoms with Gasteiger partial charge in [-0.15, -0.1) is 0 Å². The fourth-order valence-electron chi connectivity index (χ4n) is 1.62. The Hall–Kier alpha value is -2.43. The van der Waals surface area contributed by atoms with E-state index in [-0.39, 0.29) is 24.0 Å². The van der Waals surface area contributed by atoms with Gasteiger partial charge in [0, 0.05) is 12.7 Å². The van der Waals surface area contributed by atoms with E-state index in [2.05, 4.69) is 10.3 Å². The molecule has 0 fully saturated rings. The molecule has 0 saturated carbocycles. The summed E-state index contributed by atoms with van der Waals surface area (Å²) in [5, 5.41) is 2.65. The Morgan fingerprint density at radius 1 is 1.42 bits per heavy atom. The number of pyridine rings is 1. The third-order valence-corrected chi connectivity index (χ3v) is 2.74. The summed E-state index contributed by atoms with van der Waals surface area (Å²) in [5.41, 5.74) is 7.40. The van der Waals surface area contributed by atoms with Crippen LogP contribution in [0.1, 0.15) is 21.6 Å². The Morgan fingerprint density at radius 3 is 2.89 bits per heavy atom. The molecule has 0 atom stereocenters. The van der Waals surface area contributed by atoms with Crippen LogP contribution in [-0.4, -0.2) is 10.9 Å². The van der Waals surface area contributed by atoms with Gasteiger partial charge < -0.3 is 11.1 Å². The van der Waals surface area contributed by atoms with Gasteiger partial charge in [-0.1, -0.05) is 12.1 Å². The van der Waals surface area contributed by atoms with Gasteiger partial charge in [-0.2, -0.15) is 0 Å². The average Bonchev–Trinajstić information content (AvgIpc) is 2.40. The molecule has 2 aromatic rings. The van der Waals surface area contributed by atoms with Crippen LogP contribution in [0.3, 0.4) is 0 Å². The van der Waals surface area contributed by atoms with E-state index in [4.69, 9.17) is 5.73 Å². The van der Waals surface area contributed by atoms with Gasteiger partial charge in [0.2, 0.25) is 0 Å². The molecule has 4 nitrogen and oxygen atoms in total. The van der Waals surface area contributed by atoms with Crippen molar-refractivity contribution in [1.82, 2.24) is 10.3 Å². The molecule has 0 radical (unpaired) electrons. The first-order valence-electron chi connectivity index (χ1n) is 5.81. The Bertz CT molecular complexity index is 613. The van der Waals surface area contributed by atoms with E-state index in [1.807, 2.05) is 0 Å². The van der Waals surface area contributed by atoms with Crippen LogP contribution in [0.2, 0.25) is 0 Å². The summed E-state index contributed by atoms with van der Waals surface area (Å²) in [4.78, 5) is 15.8. The second kappa shape index (κ2) is 5.48. The van der Waals surface area contributed by atoms with E-state index in [0.29, 0.717) is 16.8 Å². The van der Waals surface area contributed by atoms with Crippen molar-refractivity contribution in [1.29, 1.82) is 0 Å². The molecule has 0 aliphatic carbocycles. The molecular weight excluding hydrogens is 245 g/mol. The van der Waals surface area contributed by atoms with E-state index in [1.54, 1.807) is 31.2 Å². The fourth-order valence-corrected chi connectivity index (χ4v) is 1.62. The molecule has 0 bridgehead atoms. The Labute approximate surface area is 110 Å². The number of carbonyl (C=O) groups excluding carboxylic acids is 1. The SMILES string of the molecule is Cc1ccc(CNC(=O)c2ncccc2N)cc1F. The zero-order valence-electron chi connectivity index (χ0n) is 10.5. The van der Waals surface area contributed by atoms with Crippen LogP contribution in [0.4, 0.5) is 10.1 Å². The number of nitrogens with zero attached hydrogens (tertiary/aromatic N) is 1. The maximum Gasteiger partial charge on any atom is 0.272 e. The van der Waals surface area contributed by atoms with Crippen LogP contribution in [0.15, 0.2) is 36.5 Å². The highest BCUT2D eigenvalue weighted by atomic mass is 19.1. The summed E-state index contributed by atoms with van der Waals surface area (Å²) in [6, 6.07) is 8.10. The lowest BCUT2D eigenvalue weighted by atomic mass is 10.1. The Kier molecular flexibility index (Phi) is 3.75. The van der Waals surface area contributed by atoms with Gasteiger partial charge in [-0.05, 0) is 36.2 Å². The largest absolute Gasteiger partial charge is 0.397 e. The molecule has 1 aromatic carbocycles. The minimum absolute atomic E-state index is 0.176. The van der Waals surface area contributed by atoms with Crippen molar-refractivity contribution in [3.8, 4) is 0 Å². The highest BCUT2D eigenvalue weighted by Crippen LogP contribution is 2.10. The van der Waals surface area contributed by atoms with Gasteiger partial charge in [0.1, 0.15) is 5.82 Å². The molecule has 5 heteroatoms. The maximum atomic E-state index is 13.3. The van der Waals surface area contributed by atoms with Crippen molar-refractivity contribution >= 4 is 11.6 Å². The van der Waals surface area contributed by atoms with E-state index >= 15 is 0 Å². The van der Waals surface area contributed by atoms with Crippen molar-refractivity contribution in [2.75, 3.05) is 5.73 Å². The number of halogens is 1. The molecule has 0 unspecified atom stereocenters. The number of nitrogens with two attached hydrogens (primary N) is 1. The summed E-state index contributed by atoms with van der Waals surface area (Å²) < 4.78 is 13.3. The first-order valence-corrected chi connectivity index (χ1v) is 5.81. The smallest absolute Gasteiger partial charge is 0.272 e. The zero-order chi connectivity index (χ0) is 13.8. The third-order valence-electron chi connectivity index (χ3n) is 2.74. The van der Waals surface area contributed by atoms with Crippen LogP contribution in [0.5, 0.6) is 0 Å². The van der Waals surface area contributed by atoms with Crippen molar-refractivity contribution in [3.05, 3.63) is 59.2 Å². The Balaban J connectivity index is 2.04. The van der Waals surface area contributed by atoms with Gasteiger partial charge in [-0.25, -0.2) is 9.37 Å². The van der Waals surface area contributed by atoms with Gasteiger partial charge in [-0.3, -0.25) is 4.79 Å². The number of anilines is 1. The van der Waals surface area contributed by atoms with E-state index in [1.165, 1.54) is 12.3 Å². The number of nitrogen functional groups attached to an aromatic ring is 1. The molecule has 0 aliphatic heterocycles. The van der Waals surface area contributed by atoms with Gasteiger partial charge in [0.25, 0.3) is 5.91 Å². The predicted octanol–water partition coefficient (Wildman–Crippen LogP) is 2.04. The van der Waals surface area contributed by atoms with E-state index in [0.717, 1.165) is 0 Å². The summed E-state index contributed by atoms with van der Waals surface area (Å²) in [6.07, 6.45) is 1.50. The lowest BCUT2D eigenvalue weighted by Crippen LogP contribution is -2.24. The molecule has 0 saturated heterocycles. The first kappa shape index (κ1) is 13.0. The molecule has 19 heavy (non-hydrogen) atoms. The lowest BCUT2D eigenvalue weighted by Gasteiger charge is -2.07. The molecule has 1 aromatic heterocycles. The minimum atomic E-state index is -0.376. The molecule has 1 amide bonds. The van der Waals surface area contributed by atoms with Gasteiger partial charge in [0.15, 0.2) is 5.69 Å². The van der Waals surface area contributed by atoms with Crippen molar-refractivity contribution in [3.63, 3.8) is 0 Å².